The zero-order valence-electron chi connectivity index (χ0n) is 6.65. The van der Waals surface area contributed by atoms with Gasteiger partial charge in [-0.2, -0.15) is 0 Å². The molecule has 0 spiro atoms. The van der Waals surface area contributed by atoms with Gasteiger partial charge in [-0.25, -0.2) is 13.5 Å². The minimum atomic E-state index is -3.57. The number of rotatable bonds is 2. The van der Waals surface area contributed by atoms with Gasteiger partial charge in [-0.05, 0) is 19.1 Å². The SMILES string of the molecule is Cc1ccc(S(=O)(=O)C[O])cc1. The summed E-state index contributed by atoms with van der Waals surface area (Å²) in [5, 5.41) is 10.2. The van der Waals surface area contributed by atoms with Crippen LogP contribution >= 0.6 is 0 Å². The lowest BCUT2D eigenvalue weighted by molar-refractivity contribution is 0.250. The van der Waals surface area contributed by atoms with Gasteiger partial charge in [0, 0.05) is 0 Å². The summed E-state index contributed by atoms with van der Waals surface area (Å²) in [6.45, 7) is 1.85. The molecule has 0 fully saturated rings. The van der Waals surface area contributed by atoms with Gasteiger partial charge in [0.25, 0.3) is 0 Å². The zero-order valence-corrected chi connectivity index (χ0v) is 7.47. The standard InChI is InChI=1S/C8H9O3S/c1-7-2-4-8(5-3-7)12(10,11)6-9/h2-5H,6H2,1H3. The summed E-state index contributed by atoms with van der Waals surface area (Å²) in [5.74, 6) is -1.09. The van der Waals surface area contributed by atoms with Crippen molar-refractivity contribution in [2.45, 2.75) is 11.8 Å². The maximum Gasteiger partial charge on any atom is 0.205 e. The molecule has 3 nitrogen and oxygen atoms in total. The Morgan fingerprint density at radius 1 is 1.17 bits per heavy atom. The molecule has 0 saturated heterocycles. The minimum absolute atomic E-state index is 0.100. The Kier molecular flexibility index (Phi) is 2.49. The second-order valence-corrected chi connectivity index (χ2v) is 4.48. The van der Waals surface area contributed by atoms with Gasteiger partial charge in [0.05, 0.1) is 4.90 Å². The summed E-state index contributed by atoms with van der Waals surface area (Å²) in [6, 6.07) is 6.23. The first-order chi connectivity index (χ1) is 5.56. The van der Waals surface area contributed by atoms with Gasteiger partial charge >= 0.3 is 0 Å². The second-order valence-electron chi connectivity index (χ2n) is 2.55. The molecule has 0 amide bonds. The van der Waals surface area contributed by atoms with Crippen LogP contribution < -0.4 is 0 Å². The van der Waals surface area contributed by atoms with Crippen molar-refractivity contribution in [2.24, 2.45) is 0 Å². The maximum absolute atomic E-state index is 11.0. The Morgan fingerprint density at radius 2 is 1.67 bits per heavy atom. The van der Waals surface area contributed by atoms with Crippen LogP contribution in [0.2, 0.25) is 0 Å². The molecule has 0 aliphatic carbocycles. The smallest absolute Gasteiger partial charge is 0.205 e. The van der Waals surface area contributed by atoms with Gasteiger partial charge < -0.3 is 0 Å². The van der Waals surface area contributed by atoms with Crippen molar-refractivity contribution < 1.29 is 13.5 Å². The van der Waals surface area contributed by atoms with E-state index in [1.807, 2.05) is 6.92 Å². The van der Waals surface area contributed by atoms with Crippen molar-refractivity contribution in [3.8, 4) is 0 Å². The van der Waals surface area contributed by atoms with Crippen LogP contribution in [0.25, 0.3) is 0 Å². The Hall–Kier alpha value is -0.870. The normalized spacial score (nSPS) is 11.5. The van der Waals surface area contributed by atoms with Gasteiger partial charge in [-0.3, -0.25) is 0 Å². The van der Waals surface area contributed by atoms with E-state index < -0.39 is 15.8 Å². The van der Waals surface area contributed by atoms with Crippen LogP contribution in [0.15, 0.2) is 29.2 Å². The molecule has 12 heavy (non-hydrogen) atoms. The predicted octanol–water partition coefficient (Wildman–Crippen LogP) is 1.16. The molecule has 0 saturated carbocycles. The molecule has 0 bridgehead atoms. The molecular formula is C8H9O3S. The van der Waals surface area contributed by atoms with Crippen molar-refractivity contribution in [1.29, 1.82) is 0 Å². The predicted molar refractivity (Wildman–Crippen MR) is 43.9 cm³/mol. The van der Waals surface area contributed by atoms with Gasteiger partial charge in [0.2, 0.25) is 9.84 Å². The molecule has 1 aromatic carbocycles. The number of hydrogen-bond acceptors (Lipinski definition) is 2. The van der Waals surface area contributed by atoms with Crippen molar-refractivity contribution in [3.05, 3.63) is 29.8 Å². The zero-order chi connectivity index (χ0) is 9.19. The van der Waals surface area contributed by atoms with Crippen LogP contribution in [0.4, 0.5) is 0 Å². The number of sulfone groups is 1. The van der Waals surface area contributed by atoms with Gasteiger partial charge in [-0.15, -0.1) is 0 Å². The molecular weight excluding hydrogens is 176 g/mol. The number of benzene rings is 1. The summed E-state index contributed by atoms with van der Waals surface area (Å²) < 4.78 is 22.0. The van der Waals surface area contributed by atoms with Gasteiger partial charge in [0.1, 0.15) is 0 Å². The fraction of sp³-hybridized carbons (Fsp3) is 0.250. The maximum atomic E-state index is 11.0. The van der Waals surface area contributed by atoms with Gasteiger partial charge in [-0.1, -0.05) is 17.7 Å². The topological polar surface area (TPSA) is 54.0 Å². The molecule has 1 rings (SSSR count). The van der Waals surface area contributed by atoms with Crippen LogP contribution in [-0.4, -0.2) is 14.4 Å². The molecule has 0 atom stereocenters. The Bertz CT molecular complexity index is 350. The monoisotopic (exact) mass is 185 g/mol. The van der Waals surface area contributed by atoms with Crippen molar-refractivity contribution in [3.63, 3.8) is 0 Å². The first-order valence-corrected chi connectivity index (χ1v) is 5.09. The lowest BCUT2D eigenvalue weighted by Gasteiger charge is -1.98. The van der Waals surface area contributed by atoms with Crippen LogP contribution in [-0.2, 0) is 14.9 Å². The fourth-order valence-electron chi connectivity index (χ4n) is 0.814. The molecule has 0 unspecified atom stereocenters. The molecule has 0 aliphatic heterocycles. The van der Waals surface area contributed by atoms with Crippen molar-refractivity contribution in [1.82, 2.24) is 0 Å². The molecule has 0 heterocycles. The minimum Gasteiger partial charge on any atom is -0.221 e. The van der Waals surface area contributed by atoms with Crippen molar-refractivity contribution >= 4 is 9.84 Å². The quantitative estimate of drug-likeness (QED) is 0.694. The van der Waals surface area contributed by atoms with E-state index in [0.717, 1.165) is 5.56 Å². The Balaban J connectivity index is 3.14. The number of aryl methyl sites for hydroxylation is 1. The van der Waals surface area contributed by atoms with E-state index in [1.54, 1.807) is 12.1 Å². The van der Waals surface area contributed by atoms with E-state index in [4.69, 9.17) is 0 Å². The summed E-state index contributed by atoms with van der Waals surface area (Å²) in [6.07, 6.45) is 0. The van der Waals surface area contributed by atoms with Crippen LogP contribution in [0.3, 0.4) is 0 Å². The fourth-order valence-corrected chi connectivity index (χ4v) is 1.50. The van der Waals surface area contributed by atoms with E-state index in [0.29, 0.717) is 0 Å². The van der Waals surface area contributed by atoms with E-state index in [2.05, 4.69) is 0 Å². The summed E-state index contributed by atoms with van der Waals surface area (Å²) in [4.78, 5) is 0.100. The lowest BCUT2D eigenvalue weighted by atomic mass is 10.2. The van der Waals surface area contributed by atoms with Crippen LogP contribution in [0.1, 0.15) is 5.56 Å². The number of hydrogen-bond donors (Lipinski definition) is 0. The first-order valence-electron chi connectivity index (χ1n) is 3.44. The van der Waals surface area contributed by atoms with E-state index in [9.17, 15) is 13.5 Å². The largest absolute Gasteiger partial charge is 0.221 e. The Morgan fingerprint density at radius 3 is 2.08 bits per heavy atom. The summed E-state index contributed by atoms with van der Waals surface area (Å²) in [5.41, 5.74) is 0.972. The summed E-state index contributed by atoms with van der Waals surface area (Å²) in [7, 11) is -3.57. The molecule has 65 valence electrons. The molecule has 4 heteroatoms. The van der Waals surface area contributed by atoms with E-state index in [1.165, 1.54) is 12.1 Å². The molecule has 0 aliphatic rings. The van der Waals surface area contributed by atoms with E-state index >= 15 is 0 Å². The average molecular weight is 185 g/mol. The second kappa shape index (κ2) is 3.25. The third-order valence-corrected chi connectivity index (χ3v) is 2.84. The van der Waals surface area contributed by atoms with Crippen LogP contribution in [0.5, 0.6) is 0 Å². The lowest BCUT2D eigenvalue weighted by Crippen LogP contribution is -2.04. The Labute approximate surface area is 71.6 Å². The average Bonchev–Trinajstić information content (AvgIpc) is 2.05. The highest BCUT2D eigenvalue weighted by Crippen LogP contribution is 2.10. The third kappa shape index (κ3) is 1.84. The molecule has 1 radical (unpaired) electrons. The van der Waals surface area contributed by atoms with Crippen molar-refractivity contribution in [2.75, 3.05) is 5.94 Å². The highest BCUT2D eigenvalue weighted by Gasteiger charge is 2.11. The van der Waals surface area contributed by atoms with Crippen LogP contribution in [0, 0.1) is 6.92 Å². The first kappa shape index (κ1) is 9.22. The molecule has 1 aromatic rings. The highest BCUT2D eigenvalue weighted by molar-refractivity contribution is 7.91. The van der Waals surface area contributed by atoms with Gasteiger partial charge in [0.15, 0.2) is 5.94 Å². The van der Waals surface area contributed by atoms with E-state index in [-0.39, 0.29) is 4.90 Å². The summed E-state index contributed by atoms with van der Waals surface area (Å²) >= 11 is 0. The highest BCUT2D eigenvalue weighted by atomic mass is 32.2. The molecule has 0 aromatic heterocycles. The molecule has 0 N–H and O–H groups in total. The third-order valence-electron chi connectivity index (χ3n) is 1.54.